The van der Waals surface area contributed by atoms with Crippen molar-refractivity contribution in [2.45, 2.75) is 45.7 Å². The third-order valence-corrected chi connectivity index (χ3v) is 4.81. The number of nitrogens with zero attached hydrogens (tertiary/aromatic N) is 2. The molecule has 1 saturated heterocycles. The van der Waals surface area contributed by atoms with E-state index in [1.165, 1.54) is 5.56 Å². The zero-order chi connectivity index (χ0) is 18.9. The first-order valence-corrected chi connectivity index (χ1v) is 9.56. The molecule has 26 heavy (non-hydrogen) atoms. The Hall–Kier alpha value is -1.79. The summed E-state index contributed by atoms with van der Waals surface area (Å²) in [6, 6.07) is 6.51. The number of ether oxygens (including phenoxy) is 2. The maximum atomic E-state index is 10.9. The number of carbonyl (C=O) groups is 1. The summed E-state index contributed by atoms with van der Waals surface area (Å²) < 4.78 is 11.4. The number of hydrogen-bond acceptors (Lipinski definition) is 5. The van der Waals surface area contributed by atoms with E-state index >= 15 is 0 Å². The third kappa shape index (κ3) is 6.18. The predicted octanol–water partition coefficient (Wildman–Crippen LogP) is 2.85. The molecule has 0 aromatic heterocycles. The molecule has 1 aliphatic heterocycles. The van der Waals surface area contributed by atoms with Gasteiger partial charge in [-0.3, -0.25) is 14.6 Å². The van der Waals surface area contributed by atoms with Crippen molar-refractivity contribution in [3.8, 4) is 11.5 Å². The van der Waals surface area contributed by atoms with Crippen molar-refractivity contribution in [2.75, 3.05) is 39.9 Å². The van der Waals surface area contributed by atoms with Crippen molar-refractivity contribution in [3.05, 3.63) is 23.8 Å². The van der Waals surface area contributed by atoms with Gasteiger partial charge in [0, 0.05) is 12.6 Å². The fourth-order valence-corrected chi connectivity index (χ4v) is 3.53. The molecule has 0 radical (unpaired) electrons. The minimum atomic E-state index is -0.758. The highest BCUT2D eigenvalue weighted by Gasteiger charge is 2.22. The molecule has 1 atom stereocenters. The van der Waals surface area contributed by atoms with Gasteiger partial charge in [0.05, 0.1) is 19.8 Å². The molecular weight excluding hydrogens is 332 g/mol. The molecule has 1 aromatic carbocycles. The summed E-state index contributed by atoms with van der Waals surface area (Å²) in [7, 11) is 1.91. The molecule has 1 aromatic rings. The number of benzene rings is 1. The average Bonchev–Trinajstić information content (AvgIpc) is 2.83. The van der Waals surface area contributed by atoms with Gasteiger partial charge >= 0.3 is 5.97 Å². The lowest BCUT2D eigenvalue weighted by Gasteiger charge is -2.25. The van der Waals surface area contributed by atoms with Gasteiger partial charge in [0.15, 0.2) is 11.5 Å². The highest BCUT2D eigenvalue weighted by molar-refractivity contribution is 5.69. The molecular formula is C20H32N2O4. The number of carboxylic acid groups (broad SMARTS) is 1. The van der Waals surface area contributed by atoms with E-state index in [4.69, 9.17) is 14.6 Å². The van der Waals surface area contributed by atoms with Crippen LogP contribution in [-0.4, -0.2) is 66.8 Å². The summed E-state index contributed by atoms with van der Waals surface area (Å²) in [6.45, 7) is 8.19. The van der Waals surface area contributed by atoms with E-state index in [2.05, 4.69) is 17.0 Å². The average molecular weight is 364 g/mol. The molecule has 1 N–H and O–H groups in total. The molecule has 6 heteroatoms. The van der Waals surface area contributed by atoms with Gasteiger partial charge in [-0.05, 0) is 70.9 Å². The Kier molecular flexibility index (Phi) is 8.19. The molecule has 0 aliphatic carbocycles. The van der Waals surface area contributed by atoms with Gasteiger partial charge < -0.3 is 14.6 Å². The largest absolute Gasteiger partial charge is 0.490 e. The van der Waals surface area contributed by atoms with E-state index in [1.807, 2.05) is 31.9 Å². The maximum Gasteiger partial charge on any atom is 0.317 e. The molecule has 0 amide bonds. The maximum absolute atomic E-state index is 10.9. The van der Waals surface area contributed by atoms with E-state index in [0.29, 0.717) is 19.3 Å². The summed E-state index contributed by atoms with van der Waals surface area (Å²) in [6.07, 6.45) is 3.14. The van der Waals surface area contributed by atoms with Crippen molar-refractivity contribution >= 4 is 5.97 Å². The molecule has 0 bridgehead atoms. The lowest BCUT2D eigenvalue weighted by atomic mass is 10.1. The van der Waals surface area contributed by atoms with Gasteiger partial charge in [-0.2, -0.15) is 0 Å². The molecule has 1 heterocycles. The van der Waals surface area contributed by atoms with Gasteiger partial charge in [-0.15, -0.1) is 0 Å². The number of carboxylic acids is 1. The van der Waals surface area contributed by atoms with Gasteiger partial charge in [0.25, 0.3) is 0 Å². The van der Waals surface area contributed by atoms with Crippen molar-refractivity contribution in [3.63, 3.8) is 0 Å². The van der Waals surface area contributed by atoms with Crippen LogP contribution < -0.4 is 9.47 Å². The Morgan fingerprint density at radius 1 is 1.19 bits per heavy atom. The van der Waals surface area contributed by atoms with Crippen molar-refractivity contribution in [2.24, 2.45) is 0 Å². The molecule has 6 nitrogen and oxygen atoms in total. The highest BCUT2D eigenvalue weighted by Crippen LogP contribution is 2.29. The molecule has 0 saturated carbocycles. The van der Waals surface area contributed by atoms with Crippen LogP contribution in [0.15, 0.2) is 18.2 Å². The van der Waals surface area contributed by atoms with Crippen LogP contribution in [-0.2, 0) is 11.3 Å². The fraction of sp³-hybridized carbons (Fsp3) is 0.650. The summed E-state index contributed by atoms with van der Waals surface area (Å²) in [4.78, 5) is 15.3. The van der Waals surface area contributed by atoms with Crippen LogP contribution in [0.1, 0.15) is 38.7 Å². The van der Waals surface area contributed by atoms with E-state index < -0.39 is 5.97 Å². The van der Waals surface area contributed by atoms with Crippen molar-refractivity contribution in [1.82, 2.24) is 9.80 Å². The predicted molar refractivity (Wildman–Crippen MR) is 102 cm³/mol. The van der Waals surface area contributed by atoms with Gasteiger partial charge in [0.1, 0.15) is 0 Å². The normalized spacial score (nSPS) is 18.5. The summed E-state index contributed by atoms with van der Waals surface area (Å²) in [5.74, 6) is 0.844. The van der Waals surface area contributed by atoms with Crippen LogP contribution in [0, 0.1) is 0 Å². The monoisotopic (exact) mass is 364 g/mol. The van der Waals surface area contributed by atoms with Crippen molar-refractivity contribution in [1.29, 1.82) is 0 Å². The summed E-state index contributed by atoms with van der Waals surface area (Å²) >= 11 is 0. The quantitative estimate of drug-likeness (QED) is 0.727. The van der Waals surface area contributed by atoms with Crippen LogP contribution in [0.4, 0.5) is 0 Å². The van der Waals surface area contributed by atoms with Crippen LogP contribution in [0.2, 0.25) is 0 Å². The molecule has 1 fully saturated rings. The second kappa shape index (κ2) is 10.4. The molecule has 0 spiro atoms. The van der Waals surface area contributed by atoms with Crippen LogP contribution in [0.25, 0.3) is 0 Å². The van der Waals surface area contributed by atoms with Gasteiger partial charge in [-0.1, -0.05) is 6.07 Å². The van der Waals surface area contributed by atoms with Gasteiger partial charge in [0.2, 0.25) is 0 Å². The Morgan fingerprint density at radius 3 is 2.62 bits per heavy atom. The van der Waals surface area contributed by atoms with E-state index in [9.17, 15) is 4.79 Å². The molecule has 1 aliphatic rings. The molecule has 1 unspecified atom stereocenters. The zero-order valence-electron chi connectivity index (χ0n) is 16.2. The number of likely N-dealkylation sites (tertiary alicyclic amines) is 1. The SMILES string of the molecule is CCOc1ccc(CN2CCCC(N(C)CC(=O)O)CC2)cc1OCC. The Bertz CT molecular complexity index is 579. The van der Waals surface area contributed by atoms with Crippen LogP contribution in [0.3, 0.4) is 0 Å². The molecule has 2 rings (SSSR count). The minimum Gasteiger partial charge on any atom is -0.490 e. The van der Waals surface area contributed by atoms with Crippen molar-refractivity contribution < 1.29 is 19.4 Å². The van der Waals surface area contributed by atoms with E-state index in [0.717, 1.165) is 50.4 Å². The second-order valence-corrected chi connectivity index (χ2v) is 6.82. The van der Waals surface area contributed by atoms with Gasteiger partial charge in [-0.25, -0.2) is 0 Å². The van der Waals surface area contributed by atoms with Crippen LogP contribution >= 0.6 is 0 Å². The van der Waals surface area contributed by atoms with Crippen LogP contribution in [0.5, 0.6) is 11.5 Å². The standard InChI is InChI=1S/C20H32N2O4/c1-4-25-18-9-8-16(13-19(18)26-5-2)14-22-11-6-7-17(10-12-22)21(3)15-20(23)24/h8-9,13,17H,4-7,10-12,14-15H2,1-3H3,(H,23,24). The lowest BCUT2D eigenvalue weighted by molar-refractivity contribution is -0.138. The second-order valence-electron chi connectivity index (χ2n) is 6.82. The smallest absolute Gasteiger partial charge is 0.317 e. The Morgan fingerprint density at radius 2 is 1.92 bits per heavy atom. The minimum absolute atomic E-state index is 0.112. The topological polar surface area (TPSA) is 62.2 Å². The number of aliphatic carboxylic acids is 1. The highest BCUT2D eigenvalue weighted by atomic mass is 16.5. The lowest BCUT2D eigenvalue weighted by Crippen LogP contribution is -2.36. The summed E-state index contributed by atoms with van der Waals surface area (Å²) in [5.41, 5.74) is 1.22. The first kappa shape index (κ1) is 20.5. The summed E-state index contributed by atoms with van der Waals surface area (Å²) in [5, 5.41) is 8.99. The Balaban J connectivity index is 1.96. The zero-order valence-corrected chi connectivity index (χ0v) is 16.2. The Labute approximate surface area is 156 Å². The first-order chi connectivity index (χ1) is 12.5. The fourth-order valence-electron chi connectivity index (χ4n) is 3.53. The number of hydrogen-bond donors (Lipinski definition) is 1. The number of rotatable bonds is 9. The molecule has 146 valence electrons. The number of likely N-dealkylation sites (N-methyl/N-ethyl adjacent to an activating group) is 1. The third-order valence-electron chi connectivity index (χ3n) is 4.81. The van der Waals surface area contributed by atoms with E-state index in [-0.39, 0.29) is 6.54 Å². The van der Waals surface area contributed by atoms with E-state index in [1.54, 1.807) is 0 Å². The first-order valence-electron chi connectivity index (χ1n) is 9.56.